The highest BCUT2D eigenvalue weighted by Gasteiger charge is 2.31. The lowest BCUT2D eigenvalue weighted by Crippen LogP contribution is -2.43. The largest absolute Gasteiger partial charge is 0.369 e. The second-order valence-corrected chi connectivity index (χ2v) is 6.20. The number of hydrogen-bond donors (Lipinski definition) is 0. The number of benzene rings is 1. The molecule has 0 saturated carbocycles. The molecule has 2 heteroatoms. The molecule has 1 aliphatic heterocycles. The van der Waals surface area contributed by atoms with Crippen LogP contribution < -0.4 is 0 Å². The zero-order chi connectivity index (χ0) is 14.7. The quantitative estimate of drug-likeness (QED) is 0.753. The first-order valence-corrected chi connectivity index (χ1v) is 7.62. The van der Waals surface area contributed by atoms with Crippen LogP contribution in [0.5, 0.6) is 0 Å². The van der Waals surface area contributed by atoms with Gasteiger partial charge in [0.1, 0.15) is 0 Å². The first-order valence-electron chi connectivity index (χ1n) is 7.62. The van der Waals surface area contributed by atoms with Crippen LogP contribution in [0, 0.1) is 0 Å². The molecule has 20 heavy (non-hydrogen) atoms. The number of nitrogens with zero attached hydrogens (tertiary/aromatic N) is 1. The predicted octanol–water partition coefficient (Wildman–Crippen LogP) is 3.97. The molecule has 2 atom stereocenters. The average molecular weight is 273 g/mol. The zero-order valence-corrected chi connectivity index (χ0v) is 13.2. The molecular formula is C18H27NO. The molecule has 2 nitrogen and oxygen atoms in total. The highest BCUT2D eigenvalue weighted by Crippen LogP contribution is 2.33. The Bertz CT molecular complexity index is 444. The molecule has 0 saturated heterocycles. The number of rotatable bonds is 5. The highest BCUT2D eigenvalue weighted by atomic mass is 16.5. The molecule has 110 valence electrons. The van der Waals surface area contributed by atoms with E-state index in [-0.39, 0.29) is 6.10 Å². The van der Waals surface area contributed by atoms with Crippen molar-refractivity contribution in [3.63, 3.8) is 0 Å². The SMILES string of the molecule is C=C[C@@H]1OCc2ccccc2[C@H]1CN(C(C)C)C(C)C. The van der Waals surface area contributed by atoms with Gasteiger partial charge in [-0.3, -0.25) is 4.90 Å². The molecular weight excluding hydrogens is 246 g/mol. The van der Waals surface area contributed by atoms with Crippen LogP contribution >= 0.6 is 0 Å². The average Bonchev–Trinajstić information content (AvgIpc) is 2.43. The molecule has 0 aliphatic carbocycles. The second-order valence-electron chi connectivity index (χ2n) is 6.20. The monoisotopic (exact) mass is 273 g/mol. The van der Waals surface area contributed by atoms with E-state index in [1.807, 2.05) is 6.08 Å². The Hall–Kier alpha value is -1.12. The Morgan fingerprint density at radius 1 is 1.25 bits per heavy atom. The highest BCUT2D eigenvalue weighted by molar-refractivity contribution is 5.34. The minimum Gasteiger partial charge on any atom is -0.369 e. The molecule has 1 aromatic carbocycles. The Kier molecular flexibility index (Phi) is 5.00. The van der Waals surface area contributed by atoms with Crippen molar-refractivity contribution in [2.75, 3.05) is 6.54 Å². The Morgan fingerprint density at radius 3 is 2.50 bits per heavy atom. The maximum atomic E-state index is 5.98. The number of fused-ring (bicyclic) bond motifs is 1. The van der Waals surface area contributed by atoms with Crippen molar-refractivity contribution in [1.29, 1.82) is 0 Å². The molecule has 0 amide bonds. The van der Waals surface area contributed by atoms with Gasteiger partial charge in [0.2, 0.25) is 0 Å². The molecule has 1 aliphatic rings. The van der Waals surface area contributed by atoms with Crippen LogP contribution in [0.3, 0.4) is 0 Å². The minimum atomic E-state index is 0.116. The summed E-state index contributed by atoms with van der Waals surface area (Å²) in [4.78, 5) is 2.53. The summed E-state index contributed by atoms with van der Waals surface area (Å²) in [6.45, 7) is 14.7. The summed E-state index contributed by atoms with van der Waals surface area (Å²) in [5, 5.41) is 0. The second kappa shape index (κ2) is 6.55. The van der Waals surface area contributed by atoms with E-state index < -0.39 is 0 Å². The van der Waals surface area contributed by atoms with E-state index >= 15 is 0 Å². The molecule has 0 N–H and O–H groups in total. The van der Waals surface area contributed by atoms with Gasteiger partial charge in [-0.25, -0.2) is 0 Å². The summed E-state index contributed by atoms with van der Waals surface area (Å²) in [6.07, 6.45) is 2.07. The molecule has 2 rings (SSSR count). The van der Waals surface area contributed by atoms with Gasteiger partial charge in [0, 0.05) is 24.5 Å². The fourth-order valence-corrected chi connectivity index (χ4v) is 3.19. The van der Waals surface area contributed by atoms with E-state index in [1.165, 1.54) is 11.1 Å². The van der Waals surface area contributed by atoms with Crippen LogP contribution in [0.1, 0.15) is 44.7 Å². The van der Waals surface area contributed by atoms with Crippen LogP contribution in [0.4, 0.5) is 0 Å². The molecule has 0 bridgehead atoms. The van der Waals surface area contributed by atoms with Crippen molar-refractivity contribution < 1.29 is 4.74 Å². The third-order valence-electron chi connectivity index (χ3n) is 4.25. The number of ether oxygens (including phenoxy) is 1. The summed E-state index contributed by atoms with van der Waals surface area (Å²) in [5.41, 5.74) is 2.75. The van der Waals surface area contributed by atoms with Crippen molar-refractivity contribution in [2.24, 2.45) is 0 Å². The lowest BCUT2D eigenvalue weighted by atomic mass is 9.86. The van der Waals surface area contributed by atoms with Crippen molar-refractivity contribution >= 4 is 0 Å². The van der Waals surface area contributed by atoms with Gasteiger partial charge in [0.05, 0.1) is 12.7 Å². The van der Waals surface area contributed by atoms with Gasteiger partial charge < -0.3 is 4.74 Å². The maximum absolute atomic E-state index is 5.98. The molecule has 0 fully saturated rings. The van der Waals surface area contributed by atoms with Crippen LogP contribution in [-0.2, 0) is 11.3 Å². The summed E-state index contributed by atoms with van der Waals surface area (Å²) < 4.78 is 5.98. The van der Waals surface area contributed by atoms with E-state index in [4.69, 9.17) is 4.74 Å². The first kappa shape index (κ1) is 15.3. The third kappa shape index (κ3) is 3.13. The summed E-state index contributed by atoms with van der Waals surface area (Å²) in [6, 6.07) is 9.72. The topological polar surface area (TPSA) is 12.5 Å². The summed E-state index contributed by atoms with van der Waals surface area (Å²) >= 11 is 0. The van der Waals surface area contributed by atoms with Crippen molar-refractivity contribution in [3.05, 3.63) is 48.0 Å². The van der Waals surface area contributed by atoms with Gasteiger partial charge >= 0.3 is 0 Å². The fraction of sp³-hybridized carbons (Fsp3) is 0.556. The predicted molar refractivity (Wildman–Crippen MR) is 84.9 cm³/mol. The summed E-state index contributed by atoms with van der Waals surface area (Å²) in [5.74, 6) is 0.377. The van der Waals surface area contributed by atoms with E-state index in [0.717, 1.165) is 6.54 Å². The molecule has 1 heterocycles. The van der Waals surface area contributed by atoms with E-state index in [9.17, 15) is 0 Å². The molecule has 0 spiro atoms. The normalized spacial score (nSPS) is 22.4. The standard InChI is InChI=1S/C18H27NO/c1-6-18-17(11-19(13(2)3)14(4)5)16-10-8-7-9-15(16)12-20-18/h6-10,13-14,17-18H,1,11-12H2,2-5H3/t17-,18+/m1/s1. The van der Waals surface area contributed by atoms with Crippen molar-refractivity contribution in [2.45, 2.75) is 58.4 Å². The molecule has 1 aromatic rings. The number of hydrogen-bond acceptors (Lipinski definition) is 2. The van der Waals surface area contributed by atoms with Crippen molar-refractivity contribution in [1.82, 2.24) is 4.90 Å². The van der Waals surface area contributed by atoms with Crippen LogP contribution in [-0.4, -0.2) is 29.6 Å². The minimum absolute atomic E-state index is 0.116. The van der Waals surface area contributed by atoms with Crippen LogP contribution in [0.15, 0.2) is 36.9 Å². The first-order chi connectivity index (χ1) is 9.54. The van der Waals surface area contributed by atoms with Crippen molar-refractivity contribution in [3.8, 4) is 0 Å². The van der Waals surface area contributed by atoms with Gasteiger partial charge in [-0.15, -0.1) is 6.58 Å². The zero-order valence-electron chi connectivity index (χ0n) is 13.2. The van der Waals surface area contributed by atoms with Gasteiger partial charge in [0.25, 0.3) is 0 Å². The van der Waals surface area contributed by atoms with Gasteiger partial charge in [-0.2, -0.15) is 0 Å². The molecule has 0 aromatic heterocycles. The lowest BCUT2D eigenvalue weighted by Gasteiger charge is -2.39. The van der Waals surface area contributed by atoms with E-state index in [0.29, 0.717) is 24.6 Å². The Balaban J connectivity index is 2.29. The van der Waals surface area contributed by atoms with E-state index in [1.54, 1.807) is 0 Å². The van der Waals surface area contributed by atoms with Gasteiger partial charge in [-0.1, -0.05) is 30.3 Å². The third-order valence-corrected chi connectivity index (χ3v) is 4.25. The summed E-state index contributed by atoms with van der Waals surface area (Å²) in [7, 11) is 0. The van der Waals surface area contributed by atoms with Gasteiger partial charge in [-0.05, 0) is 38.8 Å². The molecule has 0 unspecified atom stereocenters. The van der Waals surface area contributed by atoms with Crippen LogP contribution in [0.2, 0.25) is 0 Å². The smallest absolute Gasteiger partial charge is 0.0838 e. The maximum Gasteiger partial charge on any atom is 0.0838 e. The Morgan fingerprint density at radius 2 is 1.90 bits per heavy atom. The van der Waals surface area contributed by atoms with E-state index in [2.05, 4.69) is 63.4 Å². The van der Waals surface area contributed by atoms with Gasteiger partial charge in [0.15, 0.2) is 0 Å². The Labute approximate surface area is 123 Å². The lowest BCUT2D eigenvalue weighted by molar-refractivity contribution is 0.0215. The fourth-order valence-electron chi connectivity index (χ4n) is 3.19. The molecule has 0 radical (unpaired) electrons. The van der Waals surface area contributed by atoms with Crippen LogP contribution in [0.25, 0.3) is 0 Å².